The topological polar surface area (TPSA) is 102 Å². The Balaban J connectivity index is 0.000000183. The Kier molecular flexibility index (Phi) is 16.2. The van der Waals surface area contributed by atoms with E-state index in [0.29, 0.717) is 6.54 Å². The van der Waals surface area contributed by atoms with Gasteiger partial charge >= 0.3 is 0 Å². The molecule has 8 aromatic rings. The molecule has 9 heteroatoms. The molecule has 9 nitrogen and oxygen atoms in total. The maximum Gasteiger partial charge on any atom is 0.255 e. The van der Waals surface area contributed by atoms with E-state index in [1.165, 1.54) is 32.7 Å². The smallest absolute Gasteiger partial charge is 0.255 e. The summed E-state index contributed by atoms with van der Waals surface area (Å²) in [6.07, 6.45) is 3.48. The van der Waals surface area contributed by atoms with Crippen LogP contribution in [0.15, 0.2) is 172 Å². The predicted molar refractivity (Wildman–Crippen MR) is 287 cm³/mol. The molecule has 0 amide bonds. The second kappa shape index (κ2) is 22.6. The lowest BCUT2D eigenvalue weighted by molar-refractivity contribution is 0.341. The van der Waals surface area contributed by atoms with E-state index >= 15 is 0 Å². The molecule has 0 radical (unpaired) electrons. The molecule has 0 fully saturated rings. The van der Waals surface area contributed by atoms with Gasteiger partial charge in [0.2, 0.25) is 5.54 Å². The van der Waals surface area contributed by atoms with Crippen LogP contribution in [0.3, 0.4) is 0 Å². The van der Waals surface area contributed by atoms with Crippen molar-refractivity contribution >= 4 is 27.9 Å². The number of nitrogens with one attached hydrogen (secondary N) is 1. The number of nitrogens with zero attached hydrogens (tertiary/aromatic N) is 5. The van der Waals surface area contributed by atoms with Gasteiger partial charge in [0.05, 0.1) is 18.9 Å². The van der Waals surface area contributed by atoms with Crippen LogP contribution >= 0.6 is 0 Å². The average Bonchev–Trinajstić information content (AvgIpc) is 3.75. The highest BCUT2D eigenvalue weighted by molar-refractivity contribution is 5.83. The van der Waals surface area contributed by atoms with Crippen molar-refractivity contribution in [1.29, 1.82) is 0 Å². The highest BCUT2D eigenvalue weighted by Gasteiger charge is 2.22. The lowest BCUT2D eigenvalue weighted by Crippen LogP contribution is -2.37. The van der Waals surface area contributed by atoms with Crippen molar-refractivity contribution < 1.29 is 0 Å². The van der Waals surface area contributed by atoms with Crippen molar-refractivity contribution in [2.45, 2.75) is 92.0 Å². The van der Waals surface area contributed by atoms with E-state index in [-0.39, 0.29) is 28.7 Å². The quantitative estimate of drug-likeness (QED) is 0.119. The van der Waals surface area contributed by atoms with Gasteiger partial charge in [0.25, 0.3) is 11.1 Å². The molecule has 69 heavy (non-hydrogen) atoms. The Morgan fingerprint density at radius 1 is 0.638 bits per heavy atom. The fourth-order valence-electron chi connectivity index (χ4n) is 8.75. The molecule has 2 aromatic heterocycles. The summed E-state index contributed by atoms with van der Waals surface area (Å²) < 4.78 is 3.55. The van der Waals surface area contributed by atoms with E-state index in [1.54, 1.807) is 21.3 Å². The van der Waals surface area contributed by atoms with Gasteiger partial charge in [-0.2, -0.15) is 0 Å². The summed E-state index contributed by atoms with van der Waals surface area (Å²) >= 11 is 0. The minimum Gasteiger partial charge on any atom is -0.353 e. The zero-order chi connectivity index (χ0) is 49.1. The van der Waals surface area contributed by atoms with Crippen LogP contribution in [0.25, 0.3) is 37.8 Å². The van der Waals surface area contributed by atoms with E-state index in [9.17, 15) is 9.59 Å². The predicted octanol–water partition coefficient (Wildman–Crippen LogP) is 11.0. The SMILES string of the molecule is Cc1cccc(-n2c(C)cc(CC(CN)NCc3ccc4ccccc4c3)cc2=O)c1.Cc1cccc(-n2c(C)cc(CC3CN=CN3Cc3ccc4ccccc4c3)cc2=O)c1.[C-]#[N+]C(C)(C)C. The molecular formula is C60H65N7O2. The van der Waals surface area contributed by atoms with Crippen molar-refractivity contribution in [3.8, 4) is 11.4 Å². The minimum atomic E-state index is -0.167. The van der Waals surface area contributed by atoms with Crippen molar-refractivity contribution in [2.75, 3.05) is 13.1 Å². The monoisotopic (exact) mass is 916 g/mol. The zero-order valence-electron chi connectivity index (χ0n) is 41.1. The molecule has 0 saturated carbocycles. The van der Waals surface area contributed by atoms with Crippen LogP contribution in [0, 0.1) is 34.3 Å². The first kappa shape index (κ1) is 49.5. The maximum atomic E-state index is 13.0. The first-order valence-corrected chi connectivity index (χ1v) is 23.8. The van der Waals surface area contributed by atoms with Gasteiger partial charge in [0.1, 0.15) is 0 Å². The summed E-state index contributed by atoms with van der Waals surface area (Å²) in [5.74, 6) is 0. The molecule has 1 aliphatic rings. The minimum absolute atomic E-state index is 0.00843. The molecule has 0 spiro atoms. The number of nitrogens with two attached hydrogens (primary N) is 1. The highest BCUT2D eigenvalue weighted by Crippen LogP contribution is 2.22. The third-order valence-corrected chi connectivity index (χ3v) is 12.2. The van der Waals surface area contributed by atoms with Crippen LogP contribution in [0.4, 0.5) is 0 Å². The second-order valence-corrected chi connectivity index (χ2v) is 19.2. The first-order valence-electron chi connectivity index (χ1n) is 23.8. The van der Waals surface area contributed by atoms with Gasteiger partial charge in [-0.3, -0.25) is 23.7 Å². The highest BCUT2D eigenvalue weighted by atomic mass is 16.1. The Morgan fingerprint density at radius 3 is 1.67 bits per heavy atom. The molecule has 6 aromatic carbocycles. The molecule has 352 valence electrons. The summed E-state index contributed by atoms with van der Waals surface area (Å²) in [7, 11) is 0. The summed E-state index contributed by atoms with van der Waals surface area (Å²) in [4.78, 5) is 35.9. The fraction of sp³-hybridized carbons (Fsp3) is 0.267. The van der Waals surface area contributed by atoms with E-state index in [4.69, 9.17) is 12.3 Å². The van der Waals surface area contributed by atoms with Crippen molar-refractivity contribution in [1.82, 2.24) is 19.4 Å². The van der Waals surface area contributed by atoms with Crippen LogP contribution in [-0.4, -0.2) is 51.1 Å². The molecule has 1 aliphatic heterocycles. The number of aryl methyl sites for hydroxylation is 4. The van der Waals surface area contributed by atoms with E-state index < -0.39 is 0 Å². The molecule has 2 atom stereocenters. The van der Waals surface area contributed by atoms with Gasteiger partial charge in [-0.1, -0.05) is 97.1 Å². The molecule has 9 rings (SSSR count). The van der Waals surface area contributed by atoms with Gasteiger partial charge in [-0.25, -0.2) is 6.57 Å². The average molecular weight is 916 g/mol. The maximum absolute atomic E-state index is 13.0. The van der Waals surface area contributed by atoms with Crippen LogP contribution in [0.1, 0.15) is 65.5 Å². The number of hydrogen-bond donors (Lipinski definition) is 2. The number of hydrogen-bond acceptors (Lipinski definition) is 6. The molecule has 0 bridgehead atoms. The Morgan fingerprint density at radius 2 is 1.14 bits per heavy atom. The van der Waals surface area contributed by atoms with Crippen LogP contribution in [0.2, 0.25) is 0 Å². The number of fused-ring (bicyclic) bond motifs is 2. The molecule has 2 unspecified atom stereocenters. The number of aromatic nitrogens is 2. The lowest BCUT2D eigenvalue weighted by atomic mass is 10.0. The van der Waals surface area contributed by atoms with Gasteiger partial charge in [0, 0.05) is 81.3 Å². The van der Waals surface area contributed by atoms with Crippen LogP contribution in [-0.2, 0) is 25.9 Å². The number of rotatable bonds is 12. The van der Waals surface area contributed by atoms with E-state index in [2.05, 4.69) is 117 Å². The molecule has 3 heterocycles. The molecule has 3 N–H and O–H groups in total. The van der Waals surface area contributed by atoms with Gasteiger partial charge < -0.3 is 20.8 Å². The summed E-state index contributed by atoms with van der Waals surface area (Å²) in [6.45, 7) is 23.0. The molecule has 0 aliphatic carbocycles. The summed E-state index contributed by atoms with van der Waals surface area (Å²) in [5, 5.41) is 8.55. The Hall–Kier alpha value is -7.38. The first-order chi connectivity index (χ1) is 33.2. The van der Waals surface area contributed by atoms with Crippen molar-refractivity contribution in [3.63, 3.8) is 0 Å². The van der Waals surface area contributed by atoms with E-state index in [0.717, 1.165) is 77.5 Å². The second-order valence-electron chi connectivity index (χ2n) is 19.2. The third kappa shape index (κ3) is 13.4. The lowest BCUT2D eigenvalue weighted by Gasteiger charge is -2.25. The van der Waals surface area contributed by atoms with Crippen LogP contribution < -0.4 is 22.2 Å². The summed E-state index contributed by atoms with van der Waals surface area (Å²) in [5.41, 5.74) is 16.4. The van der Waals surface area contributed by atoms with Gasteiger partial charge in [-0.05, 0) is 144 Å². The molecular weight excluding hydrogens is 851 g/mol. The number of aliphatic imine (C=N–C) groups is 1. The fourth-order valence-corrected chi connectivity index (χ4v) is 8.75. The number of pyridine rings is 2. The molecule has 0 saturated heterocycles. The van der Waals surface area contributed by atoms with Crippen molar-refractivity contribution in [2.24, 2.45) is 10.7 Å². The summed E-state index contributed by atoms with van der Waals surface area (Å²) in [6, 6.07) is 54.1. The third-order valence-electron chi connectivity index (χ3n) is 12.2. The Bertz CT molecular complexity index is 3240. The van der Waals surface area contributed by atoms with Crippen LogP contribution in [0.5, 0.6) is 0 Å². The van der Waals surface area contributed by atoms with Crippen molar-refractivity contribution in [3.05, 3.63) is 235 Å². The normalized spacial score (nSPS) is 13.6. The van der Waals surface area contributed by atoms with Gasteiger partial charge in [-0.15, -0.1) is 0 Å². The Labute approximate surface area is 407 Å². The van der Waals surface area contributed by atoms with E-state index in [1.807, 2.05) is 103 Å². The zero-order valence-corrected chi connectivity index (χ0v) is 41.1. The largest absolute Gasteiger partial charge is 0.353 e. The number of benzene rings is 6. The van der Waals surface area contributed by atoms with Gasteiger partial charge in [0.15, 0.2) is 0 Å². The standard InChI is InChI=1S/C28H27N3O.C27H29N3O.C5H9N/c1-20-6-5-9-26(12-20)31-21(2)13-23(16-28(31)32)15-27-17-29-19-30(27)18-22-10-11-24-7-3-4-8-25(24)14-22;1-19-6-5-9-26(12-19)30-20(2)13-22(16-27(30)31)15-25(17-28)29-18-21-10-11-23-7-3-4-8-24(23)14-21;1-5(2,3)6-4/h3-14,16,19,27H,15,17-18H2,1-2H3;3-14,16,25,29H,15,17-18,28H2,1-2H3;1-3H3.